The van der Waals surface area contributed by atoms with Gasteiger partial charge in [0.25, 0.3) is 0 Å². The summed E-state index contributed by atoms with van der Waals surface area (Å²) in [6.45, 7) is 5.43. The number of benzene rings is 1. The first-order valence-electron chi connectivity index (χ1n) is 8.02. The van der Waals surface area contributed by atoms with E-state index in [9.17, 15) is 4.79 Å². The van der Waals surface area contributed by atoms with Crippen molar-refractivity contribution in [3.05, 3.63) is 23.8 Å². The Labute approximate surface area is 131 Å². The summed E-state index contributed by atoms with van der Waals surface area (Å²) in [5.74, 6) is 1.59. The summed E-state index contributed by atoms with van der Waals surface area (Å²) in [4.78, 5) is 13.9. The van der Waals surface area contributed by atoms with Crippen LogP contribution in [0.2, 0.25) is 0 Å². The second-order valence-corrected chi connectivity index (χ2v) is 6.34. The van der Waals surface area contributed by atoms with Crippen LogP contribution in [-0.2, 0) is 4.74 Å². The SMILES string of the molecule is CC1CNc2ccc(OC(=O)N(C)CC3CCOCC3)cc21. The number of hydrogen-bond acceptors (Lipinski definition) is 4. The van der Waals surface area contributed by atoms with Gasteiger partial charge in [0.2, 0.25) is 0 Å². The molecular formula is C17H24N2O3. The molecule has 5 heteroatoms. The van der Waals surface area contributed by atoms with Gasteiger partial charge in [-0.25, -0.2) is 4.79 Å². The van der Waals surface area contributed by atoms with E-state index < -0.39 is 0 Å². The van der Waals surface area contributed by atoms with E-state index in [1.54, 1.807) is 11.9 Å². The summed E-state index contributed by atoms with van der Waals surface area (Å²) in [5, 5.41) is 3.34. The zero-order chi connectivity index (χ0) is 15.5. The lowest BCUT2D eigenvalue weighted by atomic mass is 10.0. The molecule has 1 atom stereocenters. The summed E-state index contributed by atoms with van der Waals surface area (Å²) in [6.07, 6.45) is 1.74. The van der Waals surface area contributed by atoms with Crippen LogP contribution in [0, 0.1) is 5.92 Å². The number of carbonyl (C=O) groups excluding carboxylic acids is 1. The molecule has 120 valence electrons. The Morgan fingerprint density at radius 2 is 2.18 bits per heavy atom. The molecule has 1 aromatic rings. The van der Waals surface area contributed by atoms with Crippen LogP contribution in [0.15, 0.2) is 18.2 Å². The fourth-order valence-electron chi connectivity index (χ4n) is 3.12. The number of carbonyl (C=O) groups is 1. The number of amides is 1. The van der Waals surface area contributed by atoms with Crippen molar-refractivity contribution in [3.8, 4) is 5.75 Å². The number of anilines is 1. The Morgan fingerprint density at radius 1 is 1.41 bits per heavy atom. The summed E-state index contributed by atoms with van der Waals surface area (Å²) >= 11 is 0. The maximum absolute atomic E-state index is 12.2. The highest BCUT2D eigenvalue weighted by Gasteiger charge is 2.22. The molecule has 1 N–H and O–H groups in total. The van der Waals surface area contributed by atoms with Gasteiger partial charge in [0.15, 0.2) is 0 Å². The molecule has 1 saturated heterocycles. The second kappa shape index (κ2) is 6.57. The Bertz CT molecular complexity index is 541. The van der Waals surface area contributed by atoms with Crippen LogP contribution in [0.25, 0.3) is 0 Å². The van der Waals surface area contributed by atoms with Gasteiger partial charge in [0, 0.05) is 45.0 Å². The van der Waals surface area contributed by atoms with Crippen LogP contribution in [0.5, 0.6) is 5.75 Å². The monoisotopic (exact) mass is 304 g/mol. The molecule has 1 fully saturated rings. The maximum atomic E-state index is 12.2. The van der Waals surface area contributed by atoms with Crippen LogP contribution in [-0.4, -0.2) is 44.3 Å². The number of nitrogens with one attached hydrogen (secondary N) is 1. The van der Waals surface area contributed by atoms with E-state index in [1.807, 2.05) is 18.2 Å². The van der Waals surface area contributed by atoms with Gasteiger partial charge in [-0.15, -0.1) is 0 Å². The molecule has 3 rings (SSSR count). The molecule has 1 amide bonds. The molecule has 0 spiro atoms. The Morgan fingerprint density at radius 3 is 2.95 bits per heavy atom. The van der Waals surface area contributed by atoms with Crippen molar-refractivity contribution >= 4 is 11.8 Å². The lowest BCUT2D eigenvalue weighted by Crippen LogP contribution is -2.35. The van der Waals surface area contributed by atoms with Gasteiger partial charge in [-0.1, -0.05) is 6.92 Å². The van der Waals surface area contributed by atoms with E-state index in [1.165, 1.54) is 5.56 Å². The number of ether oxygens (including phenoxy) is 2. The van der Waals surface area contributed by atoms with Crippen molar-refractivity contribution in [2.24, 2.45) is 5.92 Å². The fraction of sp³-hybridized carbons (Fsp3) is 0.588. The van der Waals surface area contributed by atoms with Gasteiger partial charge in [0.1, 0.15) is 5.75 Å². The average molecular weight is 304 g/mol. The zero-order valence-electron chi connectivity index (χ0n) is 13.3. The second-order valence-electron chi connectivity index (χ2n) is 6.34. The van der Waals surface area contributed by atoms with Gasteiger partial charge in [-0.05, 0) is 42.5 Å². The molecule has 0 aliphatic carbocycles. The highest BCUT2D eigenvalue weighted by Crippen LogP contribution is 2.33. The van der Waals surface area contributed by atoms with Gasteiger partial charge in [-0.2, -0.15) is 0 Å². The summed E-state index contributed by atoms with van der Waals surface area (Å²) in [6, 6.07) is 5.81. The highest BCUT2D eigenvalue weighted by atomic mass is 16.6. The molecule has 5 nitrogen and oxygen atoms in total. The van der Waals surface area contributed by atoms with Crippen molar-refractivity contribution < 1.29 is 14.3 Å². The number of hydrogen-bond donors (Lipinski definition) is 1. The largest absolute Gasteiger partial charge is 0.414 e. The highest BCUT2D eigenvalue weighted by molar-refractivity contribution is 5.71. The predicted octanol–water partition coefficient (Wildman–Crippen LogP) is 3.07. The van der Waals surface area contributed by atoms with Crippen LogP contribution in [0.3, 0.4) is 0 Å². The predicted molar refractivity (Wildman–Crippen MR) is 85.5 cm³/mol. The van der Waals surface area contributed by atoms with E-state index in [2.05, 4.69) is 12.2 Å². The van der Waals surface area contributed by atoms with Crippen LogP contribution in [0.1, 0.15) is 31.2 Å². The van der Waals surface area contributed by atoms with E-state index in [0.717, 1.165) is 44.8 Å². The molecule has 22 heavy (non-hydrogen) atoms. The molecule has 0 aromatic heterocycles. The van der Waals surface area contributed by atoms with Crippen LogP contribution >= 0.6 is 0 Å². The van der Waals surface area contributed by atoms with Crippen molar-refractivity contribution in [1.82, 2.24) is 4.90 Å². The molecule has 0 saturated carbocycles. The molecule has 2 aliphatic heterocycles. The quantitative estimate of drug-likeness (QED) is 0.932. The first kappa shape index (κ1) is 15.2. The van der Waals surface area contributed by atoms with Crippen molar-refractivity contribution in [1.29, 1.82) is 0 Å². The molecule has 2 aliphatic rings. The van der Waals surface area contributed by atoms with Gasteiger partial charge >= 0.3 is 6.09 Å². The third kappa shape index (κ3) is 3.35. The molecule has 1 unspecified atom stereocenters. The van der Waals surface area contributed by atoms with Gasteiger partial charge in [0.05, 0.1) is 0 Å². The van der Waals surface area contributed by atoms with E-state index >= 15 is 0 Å². The standard InChI is InChI=1S/C17H24N2O3/c1-12-10-18-16-4-3-14(9-15(12)16)22-17(20)19(2)11-13-5-7-21-8-6-13/h3-4,9,12-13,18H,5-8,10-11H2,1-2H3. The minimum atomic E-state index is -0.287. The molecule has 1 aromatic carbocycles. The molecule has 2 heterocycles. The lowest BCUT2D eigenvalue weighted by Gasteiger charge is -2.26. The summed E-state index contributed by atoms with van der Waals surface area (Å²) in [7, 11) is 1.80. The number of nitrogens with zero attached hydrogens (tertiary/aromatic N) is 1. The first-order valence-corrected chi connectivity index (χ1v) is 8.02. The van der Waals surface area contributed by atoms with E-state index in [4.69, 9.17) is 9.47 Å². The van der Waals surface area contributed by atoms with Crippen molar-refractivity contribution in [2.45, 2.75) is 25.7 Å². The normalized spacial score (nSPS) is 21.1. The molecule has 0 bridgehead atoms. The lowest BCUT2D eigenvalue weighted by molar-refractivity contribution is 0.0559. The van der Waals surface area contributed by atoms with Gasteiger partial charge < -0.3 is 19.7 Å². The van der Waals surface area contributed by atoms with E-state index in [-0.39, 0.29) is 6.09 Å². The number of fused-ring (bicyclic) bond motifs is 1. The molecule has 0 radical (unpaired) electrons. The third-order valence-electron chi connectivity index (χ3n) is 4.54. The third-order valence-corrected chi connectivity index (χ3v) is 4.54. The average Bonchev–Trinajstić information content (AvgIpc) is 2.89. The molecular weight excluding hydrogens is 280 g/mol. The smallest absolute Gasteiger partial charge is 0.410 e. The maximum Gasteiger partial charge on any atom is 0.414 e. The van der Waals surface area contributed by atoms with Crippen LogP contribution in [0.4, 0.5) is 10.5 Å². The summed E-state index contributed by atoms with van der Waals surface area (Å²) in [5.41, 5.74) is 2.36. The topological polar surface area (TPSA) is 50.8 Å². The first-order chi connectivity index (χ1) is 10.6. The summed E-state index contributed by atoms with van der Waals surface area (Å²) < 4.78 is 10.9. The Hall–Kier alpha value is -1.75. The minimum absolute atomic E-state index is 0.287. The Kier molecular flexibility index (Phi) is 4.52. The Balaban J connectivity index is 1.58. The minimum Gasteiger partial charge on any atom is -0.410 e. The van der Waals surface area contributed by atoms with Gasteiger partial charge in [-0.3, -0.25) is 0 Å². The van der Waals surface area contributed by atoms with Crippen molar-refractivity contribution in [2.75, 3.05) is 38.7 Å². The fourth-order valence-corrected chi connectivity index (χ4v) is 3.12. The van der Waals surface area contributed by atoms with Crippen molar-refractivity contribution in [3.63, 3.8) is 0 Å². The van der Waals surface area contributed by atoms with Crippen LogP contribution < -0.4 is 10.1 Å². The number of rotatable bonds is 3. The van der Waals surface area contributed by atoms with E-state index in [0.29, 0.717) is 17.6 Å². The zero-order valence-corrected chi connectivity index (χ0v) is 13.3.